The quantitative estimate of drug-likeness (QED) is 0.278. The van der Waals surface area contributed by atoms with E-state index in [0.29, 0.717) is 28.6 Å². The SMILES string of the molecule is COc1cc(Nc2ncc(F)c(Nc3cccc(NS(=O)(=O)NC(=O)OC(C)(C)C)c3)n2)cc(OC)c1OC. The third kappa shape index (κ3) is 8.23. The highest BCUT2D eigenvalue weighted by atomic mass is 32.2. The number of methoxy groups -OCH3 is 3. The van der Waals surface area contributed by atoms with Crippen LogP contribution in [0.15, 0.2) is 42.6 Å². The Labute approximate surface area is 225 Å². The summed E-state index contributed by atoms with van der Waals surface area (Å²) in [4.78, 5) is 19.9. The molecule has 0 bridgehead atoms. The molecule has 39 heavy (non-hydrogen) atoms. The summed E-state index contributed by atoms with van der Waals surface area (Å²) in [7, 11) is 0.118. The van der Waals surface area contributed by atoms with Crippen molar-refractivity contribution < 1.29 is 36.6 Å². The van der Waals surface area contributed by atoms with Crippen LogP contribution in [0.2, 0.25) is 0 Å². The standard InChI is InChI=1S/C24H29FN6O7S/c1-24(2,3)38-23(32)31-39(33,34)30-15-9-7-8-14(10-15)27-21-17(25)13-26-22(29-21)28-16-11-18(35-4)20(37-6)19(12-16)36-5/h7-13,30H,1-6H3,(H,31,32)(H2,26,27,28,29). The van der Waals surface area contributed by atoms with Crippen molar-refractivity contribution >= 4 is 45.1 Å². The first kappa shape index (κ1) is 29.0. The molecule has 1 amide bonds. The Bertz CT molecular complexity index is 1420. The highest BCUT2D eigenvalue weighted by Crippen LogP contribution is 2.40. The largest absolute Gasteiger partial charge is 0.493 e. The molecule has 15 heteroatoms. The van der Waals surface area contributed by atoms with Crippen molar-refractivity contribution in [1.82, 2.24) is 14.7 Å². The summed E-state index contributed by atoms with van der Waals surface area (Å²) < 4.78 is 64.0. The topological polar surface area (TPSA) is 162 Å². The second kappa shape index (κ2) is 11.9. The third-order valence-electron chi connectivity index (χ3n) is 4.66. The van der Waals surface area contributed by atoms with E-state index in [1.54, 1.807) is 43.7 Å². The van der Waals surface area contributed by atoms with E-state index in [9.17, 15) is 17.6 Å². The average Bonchev–Trinajstić information content (AvgIpc) is 2.83. The van der Waals surface area contributed by atoms with Crippen molar-refractivity contribution in [2.24, 2.45) is 0 Å². The van der Waals surface area contributed by atoms with E-state index in [0.717, 1.165) is 6.20 Å². The minimum Gasteiger partial charge on any atom is -0.493 e. The van der Waals surface area contributed by atoms with Crippen molar-refractivity contribution in [3.8, 4) is 17.2 Å². The van der Waals surface area contributed by atoms with Crippen LogP contribution in [0, 0.1) is 5.82 Å². The molecule has 13 nitrogen and oxygen atoms in total. The number of nitrogens with zero attached hydrogens (tertiary/aromatic N) is 2. The highest BCUT2D eigenvalue weighted by Gasteiger charge is 2.21. The van der Waals surface area contributed by atoms with Gasteiger partial charge in [-0.15, -0.1) is 0 Å². The van der Waals surface area contributed by atoms with Crippen LogP contribution >= 0.6 is 0 Å². The summed E-state index contributed by atoms with van der Waals surface area (Å²) >= 11 is 0. The Hall–Kier alpha value is -4.53. The third-order valence-corrected chi connectivity index (χ3v) is 5.60. The van der Waals surface area contributed by atoms with Crippen LogP contribution in [-0.4, -0.2) is 51.4 Å². The number of benzene rings is 2. The lowest BCUT2D eigenvalue weighted by molar-refractivity contribution is 0.0570. The van der Waals surface area contributed by atoms with Gasteiger partial charge in [0.1, 0.15) is 5.60 Å². The highest BCUT2D eigenvalue weighted by molar-refractivity contribution is 7.91. The van der Waals surface area contributed by atoms with Crippen LogP contribution < -0.4 is 34.3 Å². The van der Waals surface area contributed by atoms with Gasteiger partial charge in [-0.25, -0.2) is 18.9 Å². The van der Waals surface area contributed by atoms with Crippen LogP contribution in [0.3, 0.4) is 0 Å². The Morgan fingerprint density at radius 1 is 0.923 bits per heavy atom. The van der Waals surface area contributed by atoms with E-state index < -0.39 is 27.7 Å². The molecule has 0 aliphatic heterocycles. The van der Waals surface area contributed by atoms with E-state index in [-0.39, 0.29) is 17.5 Å². The number of anilines is 5. The zero-order valence-electron chi connectivity index (χ0n) is 22.1. The van der Waals surface area contributed by atoms with Gasteiger partial charge in [0.25, 0.3) is 0 Å². The molecule has 0 aliphatic carbocycles. The number of ether oxygens (including phenoxy) is 4. The summed E-state index contributed by atoms with van der Waals surface area (Å²) in [6.07, 6.45) is -0.174. The van der Waals surface area contributed by atoms with Crippen molar-refractivity contribution in [3.05, 3.63) is 48.4 Å². The zero-order valence-corrected chi connectivity index (χ0v) is 22.9. The molecular formula is C24H29FN6O7S. The van der Waals surface area contributed by atoms with Gasteiger partial charge in [0.15, 0.2) is 23.1 Å². The number of rotatable bonds is 10. The van der Waals surface area contributed by atoms with Crippen LogP contribution in [0.5, 0.6) is 17.2 Å². The van der Waals surface area contributed by atoms with E-state index in [1.807, 2.05) is 0 Å². The minimum absolute atomic E-state index is 0.0478. The van der Waals surface area contributed by atoms with Gasteiger partial charge in [0.2, 0.25) is 11.7 Å². The summed E-state index contributed by atoms with van der Waals surface area (Å²) in [5.41, 5.74) is -0.0226. The fraction of sp³-hybridized carbons (Fsp3) is 0.292. The first-order valence-electron chi connectivity index (χ1n) is 11.3. The second-order valence-electron chi connectivity index (χ2n) is 8.84. The lowest BCUT2D eigenvalue weighted by atomic mass is 10.2. The Kier molecular flexibility index (Phi) is 8.85. The monoisotopic (exact) mass is 564 g/mol. The molecule has 0 fully saturated rings. The van der Waals surface area contributed by atoms with E-state index in [1.165, 1.54) is 39.5 Å². The van der Waals surface area contributed by atoms with Gasteiger partial charge in [-0.2, -0.15) is 13.4 Å². The van der Waals surface area contributed by atoms with Gasteiger partial charge in [-0.05, 0) is 39.0 Å². The predicted molar refractivity (Wildman–Crippen MR) is 143 cm³/mol. The van der Waals surface area contributed by atoms with Crippen molar-refractivity contribution in [3.63, 3.8) is 0 Å². The Morgan fingerprint density at radius 2 is 1.56 bits per heavy atom. The smallest absolute Gasteiger partial charge is 0.422 e. The molecule has 3 rings (SSSR count). The molecular weight excluding hydrogens is 535 g/mol. The number of aromatic nitrogens is 2. The Morgan fingerprint density at radius 3 is 2.15 bits per heavy atom. The molecule has 2 aromatic carbocycles. The molecule has 0 saturated heterocycles. The number of nitrogens with one attached hydrogen (secondary N) is 4. The number of carbonyl (C=O) groups is 1. The van der Waals surface area contributed by atoms with Crippen molar-refractivity contribution in [2.45, 2.75) is 26.4 Å². The van der Waals surface area contributed by atoms with Gasteiger partial charge in [-0.1, -0.05) is 6.07 Å². The number of halogens is 1. The van der Waals surface area contributed by atoms with Crippen molar-refractivity contribution in [2.75, 3.05) is 36.7 Å². The summed E-state index contributed by atoms with van der Waals surface area (Å²) in [6.45, 7) is 4.79. The van der Waals surface area contributed by atoms with Gasteiger partial charge < -0.3 is 29.6 Å². The number of hydrogen-bond donors (Lipinski definition) is 4. The number of hydrogen-bond acceptors (Lipinski definition) is 11. The molecule has 0 aliphatic rings. The van der Waals surface area contributed by atoms with Crippen LogP contribution in [-0.2, 0) is 14.9 Å². The number of amides is 1. The van der Waals surface area contributed by atoms with Gasteiger partial charge in [0.05, 0.1) is 33.2 Å². The average molecular weight is 565 g/mol. The van der Waals surface area contributed by atoms with E-state index in [2.05, 4.69) is 25.3 Å². The van der Waals surface area contributed by atoms with Gasteiger partial charge >= 0.3 is 16.3 Å². The Balaban J connectivity index is 1.77. The van der Waals surface area contributed by atoms with E-state index in [4.69, 9.17) is 18.9 Å². The van der Waals surface area contributed by atoms with Crippen molar-refractivity contribution in [1.29, 1.82) is 0 Å². The maximum Gasteiger partial charge on any atom is 0.422 e. The molecule has 3 aromatic rings. The van der Waals surface area contributed by atoms with Crippen LogP contribution in [0.25, 0.3) is 0 Å². The first-order valence-corrected chi connectivity index (χ1v) is 12.8. The molecule has 4 N–H and O–H groups in total. The van der Waals surface area contributed by atoms with Crippen LogP contribution in [0.4, 0.5) is 38.0 Å². The molecule has 210 valence electrons. The lowest BCUT2D eigenvalue weighted by Crippen LogP contribution is -2.39. The lowest BCUT2D eigenvalue weighted by Gasteiger charge is -2.19. The predicted octanol–water partition coefficient (Wildman–Crippen LogP) is 4.31. The summed E-state index contributed by atoms with van der Waals surface area (Å²) in [5, 5.41) is 5.72. The van der Waals surface area contributed by atoms with Crippen LogP contribution in [0.1, 0.15) is 20.8 Å². The first-order chi connectivity index (χ1) is 18.3. The molecule has 0 unspecified atom stereocenters. The maximum atomic E-state index is 14.5. The number of carbonyl (C=O) groups excluding carboxylic acids is 1. The molecule has 1 heterocycles. The van der Waals surface area contributed by atoms with E-state index >= 15 is 0 Å². The summed E-state index contributed by atoms with van der Waals surface area (Å²) in [5.74, 6) is 0.270. The van der Waals surface area contributed by atoms with Gasteiger partial charge in [-0.3, -0.25) is 4.72 Å². The summed E-state index contributed by atoms with van der Waals surface area (Å²) in [6, 6.07) is 9.15. The minimum atomic E-state index is -4.30. The second-order valence-corrected chi connectivity index (χ2v) is 10.3. The molecule has 0 radical (unpaired) electrons. The fourth-order valence-corrected chi connectivity index (χ4v) is 3.93. The molecule has 1 aromatic heterocycles. The zero-order chi connectivity index (χ0) is 28.8. The normalized spacial score (nSPS) is 11.3. The van der Waals surface area contributed by atoms with Gasteiger partial charge in [0, 0.05) is 23.5 Å². The molecule has 0 saturated carbocycles. The molecule has 0 spiro atoms. The maximum absolute atomic E-state index is 14.5. The fourth-order valence-electron chi connectivity index (χ4n) is 3.18. The molecule has 0 atom stereocenters.